The SMILES string of the molecule is C=CCN1C(=O)C2(OCCO2)c2cc(Cl)ccc21. The van der Waals surface area contributed by atoms with Gasteiger partial charge in [-0.25, -0.2) is 0 Å². The summed E-state index contributed by atoms with van der Waals surface area (Å²) in [6.07, 6.45) is 1.67. The van der Waals surface area contributed by atoms with E-state index >= 15 is 0 Å². The van der Waals surface area contributed by atoms with Crippen LogP contribution in [0.3, 0.4) is 0 Å². The number of anilines is 1. The van der Waals surface area contributed by atoms with E-state index in [0.717, 1.165) is 5.69 Å². The topological polar surface area (TPSA) is 38.8 Å². The molecule has 4 nitrogen and oxygen atoms in total. The largest absolute Gasteiger partial charge is 0.336 e. The molecule has 2 aliphatic rings. The van der Waals surface area contributed by atoms with Gasteiger partial charge in [0.25, 0.3) is 11.7 Å². The lowest BCUT2D eigenvalue weighted by molar-refractivity contribution is -0.180. The molecule has 1 saturated heterocycles. The number of halogens is 1. The van der Waals surface area contributed by atoms with Gasteiger partial charge < -0.3 is 14.4 Å². The summed E-state index contributed by atoms with van der Waals surface area (Å²) in [5.41, 5.74) is 1.45. The number of rotatable bonds is 2. The summed E-state index contributed by atoms with van der Waals surface area (Å²) in [7, 11) is 0. The van der Waals surface area contributed by atoms with Gasteiger partial charge in [0.1, 0.15) is 0 Å². The van der Waals surface area contributed by atoms with E-state index in [1.807, 2.05) is 0 Å². The Morgan fingerprint density at radius 2 is 2.17 bits per heavy atom. The molecule has 2 aliphatic heterocycles. The maximum atomic E-state index is 12.5. The number of nitrogens with zero attached hydrogens (tertiary/aromatic N) is 1. The third-order valence-corrected chi connectivity index (χ3v) is 3.37. The zero-order chi connectivity index (χ0) is 12.8. The van der Waals surface area contributed by atoms with Gasteiger partial charge >= 0.3 is 0 Å². The van der Waals surface area contributed by atoms with E-state index in [9.17, 15) is 4.79 Å². The number of amides is 1. The normalized spacial score (nSPS) is 20.5. The van der Waals surface area contributed by atoms with Gasteiger partial charge in [0, 0.05) is 17.1 Å². The highest BCUT2D eigenvalue weighted by atomic mass is 35.5. The van der Waals surface area contributed by atoms with E-state index in [4.69, 9.17) is 21.1 Å². The Morgan fingerprint density at radius 3 is 2.83 bits per heavy atom. The van der Waals surface area contributed by atoms with Gasteiger partial charge in [0.15, 0.2) is 0 Å². The Morgan fingerprint density at radius 1 is 1.44 bits per heavy atom. The van der Waals surface area contributed by atoms with Crippen molar-refractivity contribution in [2.75, 3.05) is 24.7 Å². The number of ether oxygens (including phenoxy) is 2. The molecule has 0 saturated carbocycles. The van der Waals surface area contributed by atoms with Crippen LogP contribution in [-0.2, 0) is 20.1 Å². The van der Waals surface area contributed by atoms with Crippen molar-refractivity contribution in [3.05, 3.63) is 41.4 Å². The molecule has 94 valence electrons. The highest BCUT2D eigenvalue weighted by molar-refractivity contribution is 6.31. The second kappa shape index (κ2) is 4.09. The Balaban J connectivity index is 2.17. The van der Waals surface area contributed by atoms with Gasteiger partial charge in [-0.2, -0.15) is 0 Å². The summed E-state index contributed by atoms with van der Waals surface area (Å²) in [6.45, 7) is 4.89. The first-order valence-electron chi connectivity index (χ1n) is 5.70. The predicted octanol–water partition coefficient (Wildman–Crippen LogP) is 2.07. The summed E-state index contributed by atoms with van der Waals surface area (Å²) in [5, 5.41) is 0.556. The molecule has 2 heterocycles. The number of fused-ring (bicyclic) bond motifs is 2. The lowest BCUT2D eigenvalue weighted by atomic mass is 10.1. The van der Waals surface area contributed by atoms with Crippen LogP contribution in [0.25, 0.3) is 0 Å². The molecule has 1 fully saturated rings. The van der Waals surface area contributed by atoms with Crippen molar-refractivity contribution >= 4 is 23.2 Å². The summed E-state index contributed by atoms with van der Waals surface area (Å²) in [4.78, 5) is 14.1. The van der Waals surface area contributed by atoms with Crippen LogP contribution in [-0.4, -0.2) is 25.7 Å². The van der Waals surface area contributed by atoms with Gasteiger partial charge in [0.2, 0.25) is 0 Å². The quantitative estimate of drug-likeness (QED) is 0.769. The van der Waals surface area contributed by atoms with Crippen LogP contribution in [0.4, 0.5) is 5.69 Å². The minimum atomic E-state index is -1.30. The lowest BCUT2D eigenvalue weighted by Gasteiger charge is -2.21. The number of carbonyl (C=O) groups is 1. The molecule has 0 N–H and O–H groups in total. The first-order valence-corrected chi connectivity index (χ1v) is 6.07. The van der Waals surface area contributed by atoms with Crippen LogP contribution < -0.4 is 4.90 Å². The van der Waals surface area contributed by atoms with Crippen LogP contribution >= 0.6 is 11.6 Å². The standard InChI is InChI=1S/C13H12ClNO3/c1-2-5-15-11-4-3-9(14)8-10(11)13(12(15)16)17-6-7-18-13/h2-4,8H,1,5-7H2. The Hall–Kier alpha value is -1.36. The molecule has 1 aromatic carbocycles. The molecule has 0 aliphatic carbocycles. The molecule has 0 atom stereocenters. The fraction of sp³-hybridized carbons (Fsp3) is 0.308. The number of hydrogen-bond donors (Lipinski definition) is 0. The molecule has 0 unspecified atom stereocenters. The van der Waals surface area contributed by atoms with Crippen LogP contribution in [0.2, 0.25) is 5.02 Å². The maximum Gasteiger partial charge on any atom is 0.292 e. The van der Waals surface area contributed by atoms with Crippen molar-refractivity contribution in [3.63, 3.8) is 0 Å². The van der Waals surface area contributed by atoms with Crippen LogP contribution in [0, 0.1) is 0 Å². The fourth-order valence-electron chi connectivity index (χ4n) is 2.41. The van der Waals surface area contributed by atoms with Crippen LogP contribution in [0.15, 0.2) is 30.9 Å². The average molecular weight is 266 g/mol. The van der Waals surface area contributed by atoms with Gasteiger partial charge in [-0.3, -0.25) is 4.79 Å². The fourth-order valence-corrected chi connectivity index (χ4v) is 2.58. The maximum absolute atomic E-state index is 12.5. The molecule has 1 aromatic rings. The Kier molecular flexibility index (Phi) is 2.66. The third-order valence-electron chi connectivity index (χ3n) is 3.14. The molecule has 0 radical (unpaired) electrons. The molecule has 1 spiro atoms. The van der Waals surface area contributed by atoms with Gasteiger partial charge in [0.05, 0.1) is 18.9 Å². The van der Waals surface area contributed by atoms with Crippen molar-refractivity contribution in [2.45, 2.75) is 5.79 Å². The lowest BCUT2D eigenvalue weighted by Crippen LogP contribution is -2.41. The first-order chi connectivity index (χ1) is 8.69. The number of hydrogen-bond acceptors (Lipinski definition) is 3. The zero-order valence-electron chi connectivity index (χ0n) is 9.69. The summed E-state index contributed by atoms with van der Waals surface area (Å²) < 4.78 is 11.1. The van der Waals surface area contributed by atoms with E-state index < -0.39 is 5.79 Å². The summed E-state index contributed by atoms with van der Waals surface area (Å²) in [5.74, 6) is -1.51. The zero-order valence-corrected chi connectivity index (χ0v) is 10.4. The molecule has 18 heavy (non-hydrogen) atoms. The highest BCUT2D eigenvalue weighted by Crippen LogP contribution is 2.46. The van der Waals surface area contributed by atoms with E-state index in [0.29, 0.717) is 30.3 Å². The van der Waals surface area contributed by atoms with Gasteiger partial charge in [-0.05, 0) is 18.2 Å². The summed E-state index contributed by atoms with van der Waals surface area (Å²) >= 11 is 6.00. The molecule has 0 aromatic heterocycles. The molecule has 5 heteroatoms. The molecular weight excluding hydrogens is 254 g/mol. The second-order valence-corrected chi connectivity index (χ2v) is 4.62. The Bertz CT molecular complexity index is 523. The van der Waals surface area contributed by atoms with Crippen LogP contribution in [0.1, 0.15) is 5.56 Å². The van der Waals surface area contributed by atoms with Crippen molar-refractivity contribution in [1.29, 1.82) is 0 Å². The average Bonchev–Trinajstić information content (AvgIpc) is 2.92. The van der Waals surface area contributed by atoms with E-state index in [1.165, 1.54) is 0 Å². The van der Waals surface area contributed by atoms with E-state index in [2.05, 4.69) is 6.58 Å². The van der Waals surface area contributed by atoms with Crippen molar-refractivity contribution < 1.29 is 14.3 Å². The van der Waals surface area contributed by atoms with E-state index in [-0.39, 0.29) is 5.91 Å². The second-order valence-electron chi connectivity index (χ2n) is 4.18. The molecule has 3 rings (SSSR count). The number of carbonyl (C=O) groups excluding carboxylic acids is 1. The van der Waals surface area contributed by atoms with Crippen molar-refractivity contribution in [2.24, 2.45) is 0 Å². The van der Waals surface area contributed by atoms with Crippen molar-refractivity contribution in [1.82, 2.24) is 0 Å². The van der Waals surface area contributed by atoms with E-state index in [1.54, 1.807) is 29.2 Å². The van der Waals surface area contributed by atoms with Crippen molar-refractivity contribution in [3.8, 4) is 0 Å². The predicted molar refractivity (Wildman–Crippen MR) is 67.6 cm³/mol. The van der Waals surface area contributed by atoms with Gasteiger partial charge in [-0.15, -0.1) is 6.58 Å². The molecule has 1 amide bonds. The monoisotopic (exact) mass is 265 g/mol. The molecule has 0 bridgehead atoms. The minimum absolute atomic E-state index is 0.211. The first kappa shape index (κ1) is 11.7. The highest BCUT2D eigenvalue weighted by Gasteiger charge is 2.55. The minimum Gasteiger partial charge on any atom is -0.336 e. The smallest absolute Gasteiger partial charge is 0.292 e. The van der Waals surface area contributed by atoms with Gasteiger partial charge in [-0.1, -0.05) is 17.7 Å². The number of benzene rings is 1. The Labute approximate surface area is 110 Å². The molecular formula is C13H12ClNO3. The summed E-state index contributed by atoms with van der Waals surface area (Å²) in [6, 6.07) is 5.28. The van der Waals surface area contributed by atoms with Crippen LogP contribution in [0.5, 0.6) is 0 Å². The third kappa shape index (κ3) is 1.43.